The van der Waals surface area contributed by atoms with Gasteiger partial charge in [-0.15, -0.1) is 0 Å². The van der Waals surface area contributed by atoms with Crippen molar-refractivity contribution in [3.05, 3.63) is 65.5 Å². The van der Waals surface area contributed by atoms with Crippen molar-refractivity contribution in [2.75, 3.05) is 0 Å². The number of sulfonamides is 1. The van der Waals surface area contributed by atoms with E-state index in [-0.39, 0.29) is 10.7 Å². The van der Waals surface area contributed by atoms with E-state index in [1.54, 1.807) is 12.1 Å². The van der Waals surface area contributed by atoms with Gasteiger partial charge in [-0.1, -0.05) is 29.8 Å². The van der Waals surface area contributed by atoms with Crippen molar-refractivity contribution in [3.8, 4) is 0 Å². The summed E-state index contributed by atoms with van der Waals surface area (Å²) >= 11 is 0. The Labute approximate surface area is 129 Å². The third kappa shape index (κ3) is 3.78. The first-order valence-corrected chi connectivity index (χ1v) is 8.13. The molecule has 2 aromatic rings. The Hall–Kier alpha value is -2.05. The van der Waals surface area contributed by atoms with Crippen LogP contribution in [0.5, 0.6) is 0 Å². The minimum Gasteiger partial charge on any atom is -0.298 e. The van der Waals surface area contributed by atoms with Crippen LogP contribution in [0, 0.1) is 12.7 Å². The Morgan fingerprint density at radius 2 is 1.59 bits per heavy atom. The van der Waals surface area contributed by atoms with E-state index in [1.807, 2.05) is 6.92 Å². The standard InChI is InChI=1S/C16H16FNO3S/c1-11-3-9-15(10-4-11)22(20,21)18-16(12(2)19)13-5-7-14(17)8-6-13/h3-10,16,18H,1-2H3. The molecule has 2 aromatic carbocycles. The van der Waals surface area contributed by atoms with Crippen molar-refractivity contribution in [3.63, 3.8) is 0 Å². The van der Waals surface area contributed by atoms with Crippen molar-refractivity contribution in [2.45, 2.75) is 24.8 Å². The first-order valence-electron chi connectivity index (χ1n) is 6.64. The molecule has 0 aromatic heterocycles. The van der Waals surface area contributed by atoms with Crippen LogP contribution in [0.2, 0.25) is 0 Å². The first kappa shape index (κ1) is 16.3. The largest absolute Gasteiger partial charge is 0.298 e. The molecular formula is C16H16FNO3S. The van der Waals surface area contributed by atoms with Crippen molar-refractivity contribution in [1.82, 2.24) is 4.72 Å². The van der Waals surface area contributed by atoms with E-state index in [2.05, 4.69) is 4.72 Å². The van der Waals surface area contributed by atoms with Crippen LogP contribution >= 0.6 is 0 Å². The zero-order valence-electron chi connectivity index (χ0n) is 12.2. The van der Waals surface area contributed by atoms with Crippen LogP contribution in [0.1, 0.15) is 24.1 Å². The number of hydrogen-bond donors (Lipinski definition) is 1. The van der Waals surface area contributed by atoms with Gasteiger partial charge in [-0.25, -0.2) is 12.8 Å². The van der Waals surface area contributed by atoms with Crippen LogP contribution in [0.3, 0.4) is 0 Å². The number of carbonyl (C=O) groups excluding carboxylic acids is 1. The number of hydrogen-bond acceptors (Lipinski definition) is 3. The fourth-order valence-corrected chi connectivity index (χ4v) is 3.22. The van der Waals surface area contributed by atoms with Gasteiger partial charge in [0, 0.05) is 0 Å². The summed E-state index contributed by atoms with van der Waals surface area (Å²) in [5, 5.41) is 0. The Morgan fingerprint density at radius 3 is 2.09 bits per heavy atom. The lowest BCUT2D eigenvalue weighted by atomic mass is 10.1. The average Bonchev–Trinajstić information content (AvgIpc) is 2.46. The quantitative estimate of drug-likeness (QED) is 0.921. The molecule has 0 aliphatic rings. The second kappa shape index (κ2) is 6.37. The second-order valence-corrected chi connectivity index (χ2v) is 6.74. The molecule has 0 saturated heterocycles. The van der Waals surface area contributed by atoms with Gasteiger partial charge in [-0.2, -0.15) is 4.72 Å². The average molecular weight is 321 g/mol. The lowest BCUT2D eigenvalue weighted by Gasteiger charge is -2.16. The monoisotopic (exact) mass is 321 g/mol. The van der Waals surface area contributed by atoms with Crippen molar-refractivity contribution in [2.24, 2.45) is 0 Å². The predicted molar refractivity (Wildman–Crippen MR) is 81.3 cm³/mol. The number of nitrogens with one attached hydrogen (secondary N) is 1. The minimum absolute atomic E-state index is 0.0754. The molecule has 2 rings (SSSR count). The summed E-state index contributed by atoms with van der Waals surface area (Å²) in [7, 11) is -3.84. The zero-order chi connectivity index (χ0) is 16.3. The Balaban J connectivity index is 2.33. The molecule has 6 heteroatoms. The zero-order valence-corrected chi connectivity index (χ0v) is 13.0. The van der Waals surface area contributed by atoms with Crippen LogP contribution in [0.15, 0.2) is 53.4 Å². The summed E-state index contributed by atoms with van der Waals surface area (Å²) in [6.07, 6.45) is 0. The second-order valence-electron chi connectivity index (χ2n) is 5.03. The molecule has 0 heterocycles. The highest BCUT2D eigenvalue weighted by molar-refractivity contribution is 7.89. The third-order valence-corrected chi connectivity index (χ3v) is 4.65. The number of benzene rings is 2. The van der Waals surface area contributed by atoms with Crippen LogP contribution in [-0.2, 0) is 14.8 Å². The highest BCUT2D eigenvalue weighted by Crippen LogP contribution is 2.19. The molecule has 0 spiro atoms. The van der Waals surface area contributed by atoms with Gasteiger partial charge in [0.1, 0.15) is 11.9 Å². The first-order chi connectivity index (χ1) is 10.3. The Bertz CT molecular complexity index is 768. The van der Waals surface area contributed by atoms with Crippen molar-refractivity contribution >= 4 is 15.8 Å². The molecule has 116 valence electrons. The third-order valence-electron chi connectivity index (χ3n) is 3.21. The molecule has 0 saturated carbocycles. The molecule has 0 amide bonds. The van der Waals surface area contributed by atoms with Gasteiger partial charge in [0.2, 0.25) is 10.0 Å². The number of aryl methyl sites for hydroxylation is 1. The Morgan fingerprint density at radius 1 is 1.05 bits per heavy atom. The van der Waals surface area contributed by atoms with E-state index in [0.29, 0.717) is 5.56 Å². The maximum Gasteiger partial charge on any atom is 0.241 e. The molecule has 0 fully saturated rings. The lowest BCUT2D eigenvalue weighted by Crippen LogP contribution is -2.32. The van der Waals surface area contributed by atoms with Gasteiger partial charge >= 0.3 is 0 Å². The molecule has 22 heavy (non-hydrogen) atoms. The highest BCUT2D eigenvalue weighted by Gasteiger charge is 2.24. The topological polar surface area (TPSA) is 63.2 Å². The van der Waals surface area contributed by atoms with Crippen LogP contribution in [0.25, 0.3) is 0 Å². The van der Waals surface area contributed by atoms with Crippen LogP contribution in [0.4, 0.5) is 4.39 Å². The van der Waals surface area contributed by atoms with E-state index < -0.39 is 21.9 Å². The molecule has 1 unspecified atom stereocenters. The van der Waals surface area contributed by atoms with Crippen molar-refractivity contribution in [1.29, 1.82) is 0 Å². The summed E-state index contributed by atoms with van der Waals surface area (Å²) < 4.78 is 40.1. The van der Waals surface area contributed by atoms with E-state index in [9.17, 15) is 17.6 Å². The fraction of sp³-hybridized carbons (Fsp3) is 0.188. The number of halogens is 1. The summed E-state index contributed by atoms with van der Waals surface area (Å²) in [5.41, 5.74) is 1.32. The Kier molecular flexibility index (Phi) is 4.73. The van der Waals surface area contributed by atoms with Gasteiger partial charge in [0.05, 0.1) is 4.90 Å². The number of ketones is 1. The summed E-state index contributed by atoms with van der Waals surface area (Å²) in [5.74, 6) is -0.824. The molecule has 1 atom stereocenters. The van der Waals surface area contributed by atoms with E-state index in [4.69, 9.17) is 0 Å². The SMILES string of the molecule is CC(=O)C(NS(=O)(=O)c1ccc(C)cc1)c1ccc(F)cc1. The summed E-state index contributed by atoms with van der Waals surface area (Å²) in [6.45, 7) is 3.13. The van der Waals surface area contributed by atoms with E-state index >= 15 is 0 Å². The smallest absolute Gasteiger partial charge is 0.241 e. The number of rotatable bonds is 5. The maximum absolute atomic E-state index is 13.0. The van der Waals surface area contributed by atoms with E-state index in [1.165, 1.54) is 43.3 Å². The lowest BCUT2D eigenvalue weighted by molar-refractivity contribution is -0.118. The highest BCUT2D eigenvalue weighted by atomic mass is 32.2. The molecule has 1 N–H and O–H groups in total. The molecular weight excluding hydrogens is 305 g/mol. The maximum atomic E-state index is 13.0. The normalized spacial score (nSPS) is 12.9. The van der Waals surface area contributed by atoms with Gasteiger partial charge in [-0.3, -0.25) is 4.79 Å². The van der Waals surface area contributed by atoms with Crippen molar-refractivity contribution < 1.29 is 17.6 Å². The predicted octanol–water partition coefficient (Wildman–Crippen LogP) is 2.74. The van der Waals surface area contributed by atoms with Gasteiger partial charge < -0.3 is 0 Å². The van der Waals surface area contributed by atoms with Gasteiger partial charge in [0.25, 0.3) is 0 Å². The molecule has 0 radical (unpaired) electrons. The number of carbonyl (C=O) groups is 1. The fourth-order valence-electron chi connectivity index (χ4n) is 1.98. The number of Topliss-reactive ketones (excluding diaryl/α,β-unsaturated/α-hetero) is 1. The van der Waals surface area contributed by atoms with Crippen LogP contribution < -0.4 is 4.72 Å². The molecule has 4 nitrogen and oxygen atoms in total. The van der Waals surface area contributed by atoms with Gasteiger partial charge in [0.15, 0.2) is 5.78 Å². The molecule has 0 bridgehead atoms. The molecule has 0 aliphatic heterocycles. The van der Waals surface area contributed by atoms with Crippen LogP contribution in [-0.4, -0.2) is 14.2 Å². The molecule has 0 aliphatic carbocycles. The summed E-state index contributed by atoms with van der Waals surface area (Å²) in [4.78, 5) is 11.8. The summed E-state index contributed by atoms with van der Waals surface area (Å²) in [6, 6.07) is 10.4. The van der Waals surface area contributed by atoms with Gasteiger partial charge in [-0.05, 0) is 43.7 Å². The minimum atomic E-state index is -3.84. The van der Waals surface area contributed by atoms with E-state index in [0.717, 1.165) is 5.56 Å².